The number of thiophene rings is 1. The molecule has 10 nitrogen and oxygen atoms in total. The summed E-state index contributed by atoms with van der Waals surface area (Å²) in [7, 11) is 1.82. The molecule has 1 aliphatic rings. The van der Waals surface area contributed by atoms with E-state index in [2.05, 4.69) is 9.97 Å². The van der Waals surface area contributed by atoms with Crippen LogP contribution in [0.5, 0.6) is 0 Å². The molecule has 0 aliphatic carbocycles. The number of imidazole rings is 1. The van der Waals surface area contributed by atoms with Gasteiger partial charge in [0.05, 0.1) is 35.8 Å². The number of aryl methyl sites for hydroxylation is 1. The number of aromatic amines is 1. The monoisotopic (exact) mass is 577 g/mol. The van der Waals surface area contributed by atoms with E-state index >= 15 is 0 Å². The largest absolute Gasteiger partial charge is 0.477 e. The molecule has 1 aliphatic heterocycles. The van der Waals surface area contributed by atoms with E-state index in [1.165, 1.54) is 0 Å². The van der Waals surface area contributed by atoms with Crippen molar-refractivity contribution in [2.45, 2.75) is 18.9 Å². The van der Waals surface area contributed by atoms with Gasteiger partial charge >= 0.3 is 5.97 Å². The molecule has 4 aromatic rings. The third-order valence-electron chi connectivity index (χ3n) is 5.99. The number of carboxylic acid groups (broad SMARTS) is 1. The van der Waals surface area contributed by atoms with E-state index in [1.54, 1.807) is 38.6 Å². The smallest absolute Gasteiger partial charge is 0.345 e. The van der Waals surface area contributed by atoms with Crippen LogP contribution < -0.4 is 21.5 Å². The van der Waals surface area contributed by atoms with E-state index < -0.39 is 5.97 Å². The average molecular weight is 578 g/mol. The van der Waals surface area contributed by atoms with Crippen molar-refractivity contribution in [3.8, 4) is 22.4 Å². The number of aromatic nitrogens is 3. The number of nitrogens with zero attached hydrogens (tertiary/aromatic N) is 4. The van der Waals surface area contributed by atoms with Gasteiger partial charge in [0.2, 0.25) is 0 Å². The minimum absolute atomic E-state index is 0. The highest BCUT2D eigenvalue weighted by atomic mass is 35.5. The summed E-state index contributed by atoms with van der Waals surface area (Å²) in [5, 5.41) is 11.5. The van der Waals surface area contributed by atoms with Crippen LogP contribution in [0.2, 0.25) is 5.02 Å². The average Bonchev–Trinajstić information content (AvgIpc) is 3.57. The summed E-state index contributed by atoms with van der Waals surface area (Å²) in [5.41, 5.74) is 4.55. The summed E-state index contributed by atoms with van der Waals surface area (Å²) in [4.78, 5) is 32.6. The first-order valence-corrected chi connectivity index (χ1v) is 12.8. The maximum atomic E-state index is 13.3. The second-order valence-corrected chi connectivity index (χ2v) is 10.8. The number of hydrogen-bond donors (Lipinski definition) is 4. The SMILES string of the molecule is CN(SN(N)N)c1ccc(Cl)cc1-c1cc2n(c(=O)c1)[C@H](c1ncc(-c3csc(C(=O)O)c3)[nH]1)CC2.S. The zero-order chi connectivity index (χ0) is 25.6. The van der Waals surface area contributed by atoms with Gasteiger partial charge in [0.15, 0.2) is 0 Å². The number of carboxylic acids is 1. The second-order valence-electron chi connectivity index (χ2n) is 8.29. The molecule has 0 fully saturated rings. The number of nitrogens with one attached hydrogen (secondary N) is 1. The molecule has 0 spiro atoms. The maximum absolute atomic E-state index is 13.3. The number of fused-ring (bicyclic) bond motifs is 1. The number of nitrogens with two attached hydrogens (primary N) is 2. The summed E-state index contributed by atoms with van der Waals surface area (Å²) in [6.07, 6.45) is 3.08. The number of halogens is 1. The van der Waals surface area contributed by atoms with Crippen LogP contribution in [0, 0.1) is 0 Å². The minimum atomic E-state index is -0.964. The molecule has 0 saturated carbocycles. The Morgan fingerprint density at radius 1 is 1.27 bits per heavy atom. The van der Waals surface area contributed by atoms with E-state index in [-0.39, 0.29) is 30.0 Å². The van der Waals surface area contributed by atoms with Crippen molar-refractivity contribution in [1.29, 1.82) is 0 Å². The van der Waals surface area contributed by atoms with Crippen molar-refractivity contribution in [2.75, 3.05) is 11.4 Å². The summed E-state index contributed by atoms with van der Waals surface area (Å²) >= 11 is 8.56. The van der Waals surface area contributed by atoms with Gasteiger partial charge in [-0.05, 0) is 48.7 Å². The van der Waals surface area contributed by atoms with Gasteiger partial charge in [0.1, 0.15) is 10.7 Å². The summed E-state index contributed by atoms with van der Waals surface area (Å²) in [6.45, 7) is 0. The molecule has 37 heavy (non-hydrogen) atoms. The zero-order valence-electron chi connectivity index (χ0n) is 19.5. The first kappa shape index (κ1) is 27.3. The zero-order valence-corrected chi connectivity index (χ0v) is 22.9. The first-order chi connectivity index (χ1) is 17.2. The fraction of sp³-hybridized carbons (Fsp3) is 0.174. The molecule has 0 amide bonds. The van der Waals surface area contributed by atoms with E-state index in [1.807, 2.05) is 25.2 Å². The summed E-state index contributed by atoms with van der Waals surface area (Å²) < 4.78 is 4.55. The highest BCUT2D eigenvalue weighted by molar-refractivity contribution is 7.98. The Bertz CT molecular complexity index is 1520. The number of pyridine rings is 1. The van der Waals surface area contributed by atoms with Crippen LogP contribution in [0.1, 0.15) is 33.7 Å². The lowest BCUT2D eigenvalue weighted by atomic mass is 10.0. The molecule has 4 heterocycles. The number of aromatic carboxylic acids is 1. The van der Waals surface area contributed by atoms with Gasteiger partial charge in [-0.1, -0.05) is 11.6 Å². The highest BCUT2D eigenvalue weighted by Gasteiger charge is 2.28. The minimum Gasteiger partial charge on any atom is -0.477 e. The predicted octanol–water partition coefficient (Wildman–Crippen LogP) is 4.02. The fourth-order valence-corrected chi connectivity index (χ4v) is 5.90. The molecule has 14 heteroatoms. The fourth-order valence-electron chi connectivity index (χ4n) is 4.45. The quantitative estimate of drug-likeness (QED) is 0.145. The van der Waals surface area contributed by atoms with E-state index in [0.717, 1.165) is 56.1 Å². The number of rotatable bonds is 7. The van der Waals surface area contributed by atoms with E-state index in [4.69, 9.17) is 23.3 Å². The van der Waals surface area contributed by atoms with Gasteiger partial charge in [0.25, 0.3) is 5.56 Å². The molecule has 0 unspecified atom stereocenters. The van der Waals surface area contributed by atoms with Crippen LogP contribution in [0.4, 0.5) is 5.69 Å². The highest BCUT2D eigenvalue weighted by Crippen LogP contribution is 2.37. The van der Waals surface area contributed by atoms with Crippen LogP contribution in [0.25, 0.3) is 22.4 Å². The van der Waals surface area contributed by atoms with E-state index in [0.29, 0.717) is 29.4 Å². The van der Waals surface area contributed by atoms with Crippen LogP contribution >= 0.6 is 48.6 Å². The standard InChI is InChI=1S/C23H22ClN7O3S2.H2S/c1-29(36-31(25)26)18-4-2-14(24)9-16(18)12-6-15-3-5-19(30(15)21(32)8-12)22-27-10-17(28-22)13-7-20(23(33)34)35-11-13;/h2,4,6-11,19H,3,5,25-26H2,1H3,(H,27,28)(H,33,34);1H2/t19-;/m0./s1. The lowest BCUT2D eigenvalue weighted by Gasteiger charge is -2.23. The Kier molecular flexibility index (Phi) is 8.04. The molecule has 0 radical (unpaired) electrons. The van der Waals surface area contributed by atoms with Crippen molar-refractivity contribution in [3.05, 3.63) is 79.7 Å². The normalized spacial score (nSPS) is 14.5. The second kappa shape index (κ2) is 10.9. The van der Waals surface area contributed by atoms with Crippen molar-refractivity contribution in [1.82, 2.24) is 19.1 Å². The molecule has 0 saturated heterocycles. The number of carbonyl (C=O) groups is 1. The lowest BCUT2D eigenvalue weighted by molar-refractivity contribution is 0.0702. The number of H-pyrrole nitrogens is 1. The maximum Gasteiger partial charge on any atom is 0.345 e. The molecule has 3 aromatic heterocycles. The van der Waals surface area contributed by atoms with Crippen molar-refractivity contribution < 1.29 is 9.90 Å². The van der Waals surface area contributed by atoms with Gasteiger partial charge in [-0.2, -0.15) is 13.5 Å². The lowest BCUT2D eigenvalue weighted by Crippen LogP contribution is -2.34. The summed E-state index contributed by atoms with van der Waals surface area (Å²) in [6, 6.07) is 10.4. The van der Waals surface area contributed by atoms with Gasteiger partial charge in [-0.3, -0.25) is 4.79 Å². The Labute approximate surface area is 232 Å². The van der Waals surface area contributed by atoms with Gasteiger partial charge < -0.3 is 19.0 Å². The first-order valence-electron chi connectivity index (χ1n) is 10.8. The molecule has 194 valence electrons. The molecule has 1 aromatic carbocycles. The third kappa shape index (κ3) is 5.43. The van der Waals surface area contributed by atoms with Crippen LogP contribution in [-0.2, 0) is 6.42 Å². The number of hydrazine groups is 2. The Morgan fingerprint density at radius 2 is 2.05 bits per heavy atom. The summed E-state index contributed by atoms with van der Waals surface area (Å²) in [5.74, 6) is 10.9. The molecule has 5 rings (SSSR count). The third-order valence-corrected chi connectivity index (χ3v) is 7.78. The van der Waals surface area contributed by atoms with Crippen molar-refractivity contribution >= 4 is 60.2 Å². The molecule has 0 bridgehead atoms. The van der Waals surface area contributed by atoms with Crippen LogP contribution in [-0.4, -0.2) is 37.2 Å². The van der Waals surface area contributed by atoms with Gasteiger partial charge in [0, 0.05) is 40.3 Å². The van der Waals surface area contributed by atoms with E-state index in [9.17, 15) is 14.7 Å². The van der Waals surface area contributed by atoms with Crippen LogP contribution in [0.15, 0.2) is 52.8 Å². The number of anilines is 1. The molecular weight excluding hydrogens is 554 g/mol. The number of benzene rings is 1. The Balaban J connectivity index is 0.00000320. The molecular formula is C23H24ClN7O3S3. The van der Waals surface area contributed by atoms with Crippen molar-refractivity contribution in [2.24, 2.45) is 11.7 Å². The number of hydrogen-bond acceptors (Lipinski definition) is 9. The molecule has 6 N–H and O–H groups in total. The molecule has 1 atom stereocenters. The predicted molar refractivity (Wildman–Crippen MR) is 153 cm³/mol. The van der Waals surface area contributed by atoms with Crippen LogP contribution in [0.3, 0.4) is 0 Å². The van der Waals surface area contributed by atoms with Gasteiger partial charge in [-0.25, -0.2) is 21.5 Å². The van der Waals surface area contributed by atoms with Crippen molar-refractivity contribution in [3.63, 3.8) is 0 Å². The van der Waals surface area contributed by atoms with Gasteiger partial charge in [-0.15, -0.1) is 15.9 Å². The Morgan fingerprint density at radius 3 is 2.76 bits per heavy atom. The Hall–Kier alpha value is -2.78. The topological polar surface area (TPSA) is 146 Å².